The molecule has 4 heteroatoms. The standard InChI is InChI=1S/C17H20N2O2/c1-20-14-5-3-13-4-6-16(15(13)10-14)19-11-12-7-8-18-17(9-12)21-2/h3,5,7-10,16,19H,4,6,11H2,1-2H3. The fourth-order valence-corrected chi connectivity index (χ4v) is 2.83. The van der Waals surface area contributed by atoms with Crippen LogP contribution in [0.2, 0.25) is 0 Å². The summed E-state index contributed by atoms with van der Waals surface area (Å²) in [4.78, 5) is 4.13. The summed E-state index contributed by atoms with van der Waals surface area (Å²) < 4.78 is 10.5. The van der Waals surface area contributed by atoms with Gasteiger partial charge in [0, 0.05) is 24.8 Å². The number of methoxy groups -OCH3 is 2. The van der Waals surface area contributed by atoms with E-state index in [0.29, 0.717) is 11.9 Å². The number of nitrogens with one attached hydrogen (secondary N) is 1. The van der Waals surface area contributed by atoms with Crippen LogP contribution in [0.4, 0.5) is 0 Å². The van der Waals surface area contributed by atoms with Crippen LogP contribution in [0.1, 0.15) is 29.2 Å². The first-order chi connectivity index (χ1) is 10.3. The molecule has 0 saturated carbocycles. The molecule has 110 valence electrons. The van der Waals surface area contributed by atoms with E-state index in [1.807, 2.05) is 18.2 Å². The molecule has 1 aliphatic carbocycles. The normalized spacial score (nSPS) is 16.6. The number of benzene rings is 1. The van der Waals surface area contributed by atoms with E-state index < -0.39 is 0 Å². The quantitative estimate of drug-likeness (QED) is 0.917. The highest BCUT2D eigenvalue weighted by Crippen LogP contribution is 2.33. The zero-order valence-electron chi connectivity index (χ0n) is 12.4. The largest absolute Gasteiger partial charge is 0.497 e. The van der Waals surface area contributed by atoms with Gasteiger partial charge in [-0.2, -0.15) is 0 Å². The average Bonchev–Trinajstić information content (AvgIpc) is 2.95. The third-order valence-corrected chi connectivity index (χ3v) is 3.99. The van der Waals surface area contributed by atoms with E-state index in [0.717, 1.165) is 25.1 Å². The third-order valence-electron chi connectivity index (χ3n) is 3.99. The van der Waals surface area contributed by atoms with Crippen LogP contribution >= 0.6 is 0 Å². The molecule has 4 nitrogen and oxygen atoms in total. The molecule has 0 amide bonds. The molecule has 1 aromatic carbocycles. The molecule has 1 aliphatic rings. The molecule has 0 bridgehead atoms. The molecule has 0 aliphatic heterocycles. The van der Waals surface area contributed by atoms with E-state index in [9.17, 15) is 0 Å². The van der Waals surface area contributed by atoms with Crippen LogP contribution < -0.4 is 14.8 Å². The number of aryl methyl sites for hydroxylation is 1. The molecule has 1 unspecified atom stereocenters. The van der Waals surface area contributed by atoms with Crippen LogP contribution in [0.25, 0.3) is 0 Å². The van der Waals surface area contributed by atoms with Gasteiger partial charge in [0.15, 0.2) is 0 Å². The molecule has 1 atom stereocenters. The van der Waals surface area contributed by atoms with Crippen molar-refractivity contribution in [2.24, 2.45) is 0 Å². The monoisotopic (exact) mass is 284 g/mol. The lowest BCUT2D eigenvalue weighted by molar-refractivity contribution is 0.396. The molecule has 21 heavy (non-hydrogen) atoms. The first kappa shape index (κ1) is 13.9. The fraction of sp³-hybridized carbons (Fsp3) is 0.353. The van der Waals surface area contributed by atoms with E-state index in [1.165, 1.54) is 16.7 Å². The second kappa shape index (κ2) is 6.14. The minimum atomic E-state index is 0.384. The second-order valence-corrected chi connectivity index (χ2v) is 5.24. The summed E-state index contributed by atoms with van der Waals surface area (Å²) >= 11 is 0. The summed E-state index contributed by atoms with van der Waals surface area (Å²) in [6.45, 7) is 0.806. The second-order valence-electron chi connectivity index (χ2n) is 5.24. The lowest BCUT2D eigenvalue weighted by Gasteiger charge is -2.15. The van der Waals surface area contributed by atoms with E-state index in [2.05, 4.69) is 22.4 Å². The number of aromatic nitrogens is 1. The number of fused-ring (bicyclic) bond motifs is 1. The van der Waals surface area contributed by atoms with Crippen molar-refractivity contribution in [1.29, 1.82) is 0 Å². The van der Waals surface area contributed by atoms with Gasteiger partial charge in [-0.3, -0.25) is 0 Å². The van der Waals surface area contributed by atoms with Crippen LogP contribution in [-0.2, 0) is 13.0 Å². The van der Waals surface area contributed by atoms with Crippen molar-refractivity contribution in [2.75, 3.05) is 14.2 Å². The van der Waals surface area contributed by atoms with Gasteiger partial charge in [0.2, 0.25) is 5.88 Å². The predicted octanol–water partition coefficient (Wildman–Crippen LogP) is 2.88. The van der Waals surface area contributed by atoms with Crippen molar-refractivity contribution < 1.29 is 9.47 Å². The van der Waals surface area contributed by atoms with Crippen LogP contribution in [0.15, 0.2) is 36.5 Å². The average molecular weight is 284 g/mol. The van der Waals surface area contributed by atoms with Crippen LogP contribution in [-0.4, -0.2) is 19.2 Å². The summed E-state index contributed by atoms with van der Waals surface area (Å²) in [6.07, 6.45) is 4.03. The molecule has 1 N–H and O–H groups in total. The smallest absolute Gasteiger partial charge is 0.213 e. The summed E-state index contributed by atoms with van der Waals surface area (Å²) in [5, 5.41) is 3.62. The molecular formula is C17H20N2O2. The van der Waals surface area contributed by atoms with Gasteiger partial charge in [0.25, 0.3) is 0 Å². The Bertz CT molecular complexity index is 628. The summed E-state index contributed by atoms with van der Waals surface area (Å²) in [6, 6.07) is 10.7. The van der Waals surface area contributed by atoms with Crippen molar-refractivity contribution in [3.63, 3.8) is 0 Å². The number of ether oxygens (including phenoxy) is 2. The van der Waals surface area contributed by atoms with Crippen LogP contribution in [0, 0.1) is 0 Å². The van der Waals surface area contributed by atoms with Crippen LogP contribution in [0.3, 0.4) is 0 Å². The highest BCUT2D eigenvalue weighted by molar-refractivity contribution is 5.40. The van der Waals surface area contributed by atoms with Gasteiger partial charge >= 0.3 is 0 Å². The number of hydrogen-bond donors (Lipinski definition) is 1. The Morgan fingerprint density at radius 3 is 2.90 bits per heavy atom. The zero-order chi connectivity index (χ0) is 14.7. The molecule has 1 heterocycles. The number of hydrogen-bond acceptors (Lipinski definition) is 4. The van der Waals surface area contributed by atoms with Crippen molar-refractivity contribution in [2.45, 2.75) is 25.4 Å². The van der Waals surface area contributed by atoms with Gasteiger partial charge in [-0.1, -0.05) is 6.07 Å². The van der Waals surface area contributed by atoms with E-state index in [-0.39, 0.29) is 0 Å². The molecule has 2 aromatic rings. The highest BCUT2D eigenvalue weighted by atomic mass is 16.5. The van der Waals surface area contributed by atoms with Gasteiger partial charge in [0.1, 0.15) is 5.75 Å². The SMILES string of the molecule is COc1ccc2c(c1)C(NCc1ccnc(OC)c1)CC2. The van der Waals surface area contributed by atoms with Crippen molar-refractivity contribution in [3.8, 4) is 11.6 Å². The number of rotatable bonds is 5. The molecule has 0 radical (unpaired) electrons. The number of pyridine rings is 1. The van der Waals surface area contributed by atoms with Crippen molar-refractivity contribution in [3.05, 3.63) is 53.2 Å². The van der Waals surface area contributed by atoms with Gasteiger partial charge in [-0.15, -0.1) is 0 Å². The summed E-state index contributed by atoms with van der Waals surface area (Å²) in [7, 11) is 3.35. The van der Waals surface area contributed by atoms with Crippen molar-refractivity contribution in [1.82, 2.24) is 10.3 Å². The Morgan fingerprint density at radius 2 is 2.10 bits per heavy atom. The molecular weight excluding hydrogens is 264 g/mol. The van der Waals surface area contributed by atoms with E-state index >= 15 is 0 Å². The Labute approximate surface area is 125 Å². The minimum absolute atomic E-state index is 0.384. The number of nitrogens with zero attached hydrogens (tertiary/aromatic N) is 1. The van der Waals surface area contributed by atoms with E-state index in [4.69, 9.17) is 9.47 Å². The summed E-state index contributed by atoms with van der Waals surface area (Å²) in [5.41, 5.74) is 3.95. The topological polar surface area (TPSA) is 43.4 Å². The zero-order valence-corrected chi connectivity index (χ0v) is 12.4. The Hall–Kier alpha value is -2.07. The molecule has 0 spiro atoms. The Morgan fingerprint density at radius 1 is 1.19 bits per heavy atom. The third kappa shape index (κ3) is 3.00. The maximum Gasteiger partial charge on any atom is 0.213 e. The minimum Gasteiger partial charge on any atom is -0.497 e. The Kier molecular flexibility index (Phi) is 4.06. The maximum absolute atomic E-state index is 5.33. The Balaban J connectivity index is 1.70. The lowest BCUT2D eigenvalue weighted by atomic mass is 10.1. The van der Waals surface area contributed by atoms with Gasteiger partial charge < -0.3 is 14.8 Å². The first-order valence-corrected chi connectivity index (χ1v) is 7.19. The lowest BCUT2D eigenvalue weighted by Crippen LogP contribution is -2.18. The highest BCUT2D eigenvalue weighted by Gasteiger charge is 2.22. The van der Waals surface area contributed by atoms with Gasteiger partial charge in [-0.05, 0) is 47.7 Å². The van der Waals surface area contributed by atoms with Gasteiger partial charge in [0.05, 0.1) is 14.2 Å². The fourth-order valence-electron chi connectivity index (χ4n) is 2.83. The first-order valence-electron chi connectivity index (χ1n) is 7.19. The van der Waals surface area contributed by atoms with Gasteiger partial charge in [-0.25, -0.2) is 4.98 Å². The maximum atomic E-state index is 5.33. The van der Waals surface area contributed by atoms with Crippen LogP contribution in [0.5, 0.6) is 11.6 Å². The molecule has 1 aromatic heterocycles. The molecule has 3 rings (SSSR count). The summed E-state index contributed by atoms with van der Waals surface area (Å²) in [5.74, 6) is 1.58. The predicted molar refractivity (Wildman–Crippen MR) is 81.7 cm³/mol. The molecule has 0 saturated heterocycles. The van der Waals surface area contributed by atoms with E-state index in [1.54, 1.807) is 20.4 Å². The molecule has 0 fully saturated rings. The van der Waals surface area contributed by atoms with Crippen molar-refractivity contribution >= 4 is 0 Å².